The molecule has 0 amide bonds. The van der Waals surface area contributed by atoms with Gasteiger partial charge >= 0.3 is 0 Å². The van der Waals surface area contributed by atoms with Crippen LogP contribution in [0.2, 0.25) is 0 Å². The lowest BCUT2D eigenvalue weighted by atomic mass is 10.1. The highest BCUT2D eigenvalue weighted by molar-refractivity contribution is 9.10. The van der Waals surface area contributed by atoms with E-state index in [0.717, 1.165) is 15.6 Å². The number of anilines is 1. The first-order valence-corrected chi connectivity index (χ1v) is 4.33. The average Bonchev–Trinajstić information content (AvgIpc) is 2.09. The molecule has 12 heavy (non-hydrogen) atoms. The highest BCUT2D eigenvalue weighted by atomic mass is 79.9. The van der Waals surface area contributed by atoms with Crippen LogP contribution in [0.15, 0.2) is 29.8 Å². The van der Waals surface area contributed by atoms with E-state index >= 15 is 0 Å². The molecule has 0 aliphatic heterocycles. The Kier molecular flexibility index (Phi) is 2.71. The monoisotopic (exact) mass is 223 g/mol. The first-order valence-electron chi connectivity index (χ1n) is 3.53. The molecule has 0 bridgehead atoms. The van der Waals surface area contributed by atoms with E-state index in [4.69, 9.17) is 5.73 Å². The van der Waals surface area contributed by atoms with Crippen molar-refractivity contribution in [1.29, 1.82) is 0 Å². The summed E-state index contributed by atoms with van der Waals surface area (Å²) in [6.45, 7) is 7.38. The normalized spacial score (nSPS) is 9.42. The number of halogens is 1. The van der Waals surface area contributed by atoms with Gasteiger partial charge in [0.25, 0.3) is 0 Å². The Morgan fingerprint density at radius 1 is 1.25 bits per heavy atom. The maximum absolute atomic E-state index is 5.80. The molecule has 0 heterocycles. The van der Waals surface area contributed by atoms with Crippen LogP contribution < -0.4 is 5.73 Å². The maximum atomic E-state index is 5.80. The van der Waals surface area contributed by atoms with Gasteiger partial charge in [-0.1, -0.05) is 31.4 Å². The van der Waals surface area contributed by atoms with Gasteiger partial charge in [0.1, 0.15) is 0 Å². The molecule has 0 atom stereocenters. The van der Waals surface area contributed by atoms with Crippen molar-refractivity contribution >= 4 is 33.8 Å². The van der Waals surface area contributed by atoms with Crippen molar-refractivity contribution in [3.05, 3.63) is 40.9 Å². The Morgan fingerprint density at radius 3 is 2.42 bits per heavy atom. The van der Waals surface area contributed by atoms with Gasteiger partial charge in [-0.2, -0.15) is 0 Å². The van der Waals surface area contributed by atoms with E-state index < -0.39 is 0 Å². The van der Waals surface area contributed by atoms with Crippen LogP contribution in [0.25, 0.3) is 12.2 Å². The van der Waals surface area contributed by atoms with Crippen molar-refractivity contribution in [3.63, 3.8) is 0 Å². The van der Waals surface area contributed by atoms with Crippen molar-refractivity contribution in [2.45, 2.75) is 0 Å². The van der Waals surface area contributed by atoms with Crippen LogP contribution in [0.5, 0.6) is 0 Å². The largest absolute Gasteiger partial charge is 0.397 e. The topological polar surface area (TPSA) is 26.0 Å². The van der Waals surface area contributed by atoms with E-state index in [0.29, 0.717) is 5.69 Å². The summed E-state index contributed by atoms with van der Waals surface area (Å²) in [7, 11) is 0. The van der Waals surface area contributed by atoms with Crippen molar-refractivity contribution < 1.29 is 0 Å². The molecule has 0 aliphatic rings. The van der Waals surface area contributed by atoms with Crippen molar-refractivity contribution in [2.24, 2.45) is 0 Å². The molecule has 0 spiro atoms. The highest BCUT2D eigenvalue weighted by Gasteiger charge is 2.03. The quantitative estimate of drug-likeness (QED) is 0.766. The third-order valence-corrected chi connectivity index (χ3v) is 2.38. The summed E-state index contributed by atoms with van der Waals surface area (Å²) in [5.41, 5.74) is 8.45. The van der Waals surface area contributed by atoms with Crippen molar-refractivity contribution in [3.8, 4) is 0 Å². The van der Waals surface area contributed by atoms with Gasteiger partial charge in [-0.25, -0.2) is 0 Å². The second kappa shape index (κ2) is 3.59. The third-order valence-electron chi connectivity index (χ3n) is 1.69. The summed E-state index contributed by atoms with van der Waals surface area (Å²) in [4.78, 5) is 0. The minimum atomic E-state index is 0.711. The number of nitrogens with two attached hydrogens (primary N) is 1. The van der Waals surface area contributed by atoms with Crippen LogP contribution in [-0.2, 0) is 0 Å². The molecule has 0 saturated carbocycles. The zero-order valence-electron chi connectivity index (χ0n) is 6.68. The Hall–Kier alpha value is -1.02. The van der Waals surface area contributed by atoms with Gasteiger partial charge in [0.2, 0.25) is 0 Å². The number of nitrogen functional groups attached to an aromatic ring is 1. The predicted molar refractivity (Wildman–Crippen MR) is 58.7 cm³/mol. The van der Waals surface area contributed by atoms with Gasteiger partial charge in [0, 0.05) is 10.0 Å². The molecule has 1 rings (SSSR count). The van der Waals surface area contributed by atoms with Gasteiger partial charge in [0.15, 0.2) is 0 Å². The van der Waals surface area contributed by atoms with Gasteiger partial charge in [-0.3, -0.25) is 0 Å². The van der Waals surface area contributed by atoms with Crippen LogP contribution in [0.4, 0.5) is 5.69 Å². The average molecular weight is 224 g/mol. The van der Waals surface area contributed by atoms with E-state index in [1.54, 1.807) is 12.2 Å². The SMILES string of the molecule is C=Cc1ccc(Br)c(N)c1C=C. The van der Waals surface area contributed by atoms with Gasteiger partial charge in [-0.05, 0) is 27.6 Å². The Morgan fingerprint density at radius 2 is 1.92 bits per heavy atom. The molecule has 0 radical (unpaired) electrons. The maximum Gasteiger partial charge on any atom is 0.0537 e. The van der Waals surface area contributed by atoms with E-state index in [1.807, 2.05) is 12.1 Å². The zero-order chi connectivity index (χ0) is 9.14. The molecule has 62 valence electrons. The molecule has 0 unspecified atom stereocenters. The van der Waals surface area contributed by atoms with Gasteiger partial charge < -0.3 is 5.73 Å². The zero-order valence-corrected chi connectivity index (χ0v) is 8.26. The minimum Gasteiger partial charge on any atom is -0.397 e. The standard InChI is InChI=1S/C10H10BrN/c1-3-7-5-6-9(11)10(12)8(7)4-2/h3-6H,1-2,12H2. The lowest BCUT2D eigenvalue weighted by Crippen LogP contribution is -1.93. The highest BCUT2D eigenvalue weighted by Crippen LogP contribution is 2.27. The van der Waals surface area contributed by atoms with Crippen LogP contribution in [-0.4, -0.2) is 0 Å². The Balaban J connectivity index is 3.45. The summed E-state index contributed by atoms with van der Waals surface area (Å²) >= 11 is 3.34. The molecule has 1 nitrogen and oxygen atoms in total. The third kappa shape index (κ3) is 1.43. The van der Waals surface area contributed by atoms with E-state index in [-0.39, 0.29) is 0 Å². The molecule has 0 fully saturated rings. The van der Waals surface area contributed by atoms with E-state index in [2.05, 4.69) is 29.1 Å². The summed E-state index contributed by atoms with van der Waals surface area (Å²) in [5.74, 6) is 0. The fourth-order valence-electron chi connectivity index (χ4n) is 1.03. The molecule has 1 aromatic carbocycles. The summed E-state index contributed by atoms with van der Waals surface area (Å²) in [6, 6.07) is 3.85. The van der Waals surface area contributed by atoms with Crippen LogP contribution in [0.1, 0.15) is 11.1 Å². The van der Waals surface area contributed by atoms with E-state index in [1.165, 1.54) is 0 Å². The number of benzene rings is 1. The molecule has 1 aromatic rings. The molecule has 0 aliphatic carbocycles. The molecule has 2 N–H and O–H groups in total. The second-order valence-corrected chi connectivity index (χ2v) is 3.23. The minimum absolute atomic E-state index is 0.711. The fourth-order valence-corrected chi connectivity index (χ4v) is 1.38. The Bertz CT molecular complexity index is 329. The Labute approximate surface area is 80.7 Å². The number of rotatable bonds is 2. The first-order chi connectivity index (χ1) is 5.70. The molecular weight excluding hydrogens is 214 g/mol. The van der Waals surface area contributed by atoms with Crippen LogP contribution >= 0.6 is 15.9 Å². The lowest BCUT2D eigenvalue weighted by Gasteiger charge is -2.06. The van der Waals surface area contributed by atoms with Crippen molar-refractivity contribution in [2.75, 3.05) is 5.73 Å². The first kappa shape index (κ1) is 9.07. The van der Waals surface area contributed by atoms with Gasteiger partial charge in [-0.15, -0.1) is 0 Å². The fraction of sp³-hybridized carbons (Fsp3) is 0. The summed E-state index contributed by atoms with van der Waals surface area (Å²) < 4.78 is 0.892. The van der Waals surface area contributed by atoms with Crippen LogP contribution in [0.3, 0.4) is 0 Å². The number of hydrogen-bond acceptors (Lipinski definition) is 1. The summed E-state index contributed by atoms with van der Waals surface area (Å²) in [5, 5.41) is 0. The number of hydrogen-bond donors (Lipinski definition) is 1. The van der Waals surface area contributed by atoms with Crippen LogP contribution in [0, 0.1) is 0 Å². The van der Waals surface area contributed by atoms with E-state index in [9.17, 15) is 0 Å². The second-order valence-electron chi connectivity index (χ2n) is 2.37. The molecule has 0 saturated heterocycles. The smallest absolute Gasteiger partial charge is 0.0537 e. The molecule has 2 heteroatoms. The van der Waals surface area contributed by atoms with Crippen molar-refractivity contribution in [1.82, 2.24) is 0 Å². The summed E-state index contributed by atoms with van der Waals surface area (Å²) in [6.07, 6.45) is 3.50. The lowest BCUT2D eigenvalue weighted by molar-refractivity contribution is 1.56. The molecular formula is C10H10BrN. The predicted octanol–water partition coefficient (Wildman–Crippen LogP) is 3.32. The molecule has 0 aromatic heterocycles. The van der Waals surface area contributed by atoms with Gasteiger partial charge in [0.05, 0.1) is 5.69 Å².